The quantitative estimate of drug-likeness (QED) is 0.688. The molecular formula is C24H19F3N2O2. The molecule has 2 aromatic carbocycles. The van der Waals surface area contributed by atoms with Crippen molar-refractivity contribution in [2.75, 3.05) is 6.54 Å². The molecule has 1 amide bonds. The molecule has 2 aliphatic rings. The first-order valence-corrected chi connectivity index (χ1v) is 10.1. The summed E-state index contributed by atoms with van der Waals surface area (Å²) in [5, 5.41) is -0.0103. The van der Waals surface area contributed by atoms with Gasteiger partial charge in [0.15, 0.2) is 11.6 Å². The van der Waals surface area contributed by atoms with Crippen molar-refractivity contribution in [2.45, 2.75) is 25.8 Å². The number of rotatable bonds is 3. The number of aromatic nitrogens is 1. The third-order valence-electron chi connectivity index (χ3n) is 6.43. The summed E-state index contributed by atoms with van der Waals surface area (Å²) in [6.45, 7) is 2.05. The number of nitrogens with one attached hydrogen (secondary N) is 1. The van der Waals surface area contributed by atoms with Gasteiger partial charge >= 0.3 is 0 Å². The molecule has 5 rings (SSSR count). The molecule has 1 N–H and O–H groups in total. The second kappa shape index (κ2) is 7.11. The fraction of sp³-hybridized carbons (Fsp3) is 0.250. The molecule has 0 unspecified atom stereocenters. The van der Waals surface area contributed by atoms with Gasteiger partial charge in [0.2, 0.25) is 5.91 Å². The van der Waals surface area contributed by atoms with Gasteiger partial charge in [-0.25, -0.2) is 13.2 Å². The summed E-state index contributed by atoms with van der Waals surface area (Å²) in [7, 11) is 0. The molecule has 2 heterocycles. The van der Waals surface area contributed by atoms with Crippen molar-refractivity contribution in [3.63, 3.8) is 0 Å². The van der Waals surface area contributed by atoms with E-state index in [4.69, 9.17) is 0 Å². The molecule has 1 aliphatic carbocycles. The number of aryl methyl sites for hydroxylation is 1. The SMILES string of the molecule is Cc1c(CC(=O)N2C[C@H]3C[C@@H]2C=C3c2ccc(F)cc2)c(=O)[nH]c2ccc(F)c(F)c12. The van der Waals surface area contributed by atoms with Crippen molar-refractivity contribution in [3.05, 3.63) is 87.0 Å². The van der Waals surface area contributed by atoms with E-state index in [1.54, 1.807) is 17.0 Å². The highest BCUT2D eigenvalue weighted by atomic mass is 19.2. The van der Waals surface area contributed by atoms with Crippen LogP contribution in [0.4, 0.5) is 13.2 Å². The second-order valence-electron chi connectivity index (χ2n) is 8.19. The van der Waals surface area contributed by atoms with Gasteiger partial charge in [-0.05, 0) is 54.3 Å². The van der Waals surface area contributed by atoms with Gasteiger partial charge in [-0.3, -0.25) is 9.59 Å². The first-order chi connectivity index (χ1) is 14.8. The minimum Gasteiger partial charge on any atom is -0.335 e. The van der Waals surface area contributed by atoms with Gasteiger partial charge in [0, 0.05) is 23.4 Å². The lowest BCUT2D eigenvalue weighted by molar-refractivity contribution is -0.130. The molecule has 7 heteroatoms. The lowest BCUT2D eigenvalue weighted by atomic mass is 9.95. The molecule has 158 valence electrons. The Morgan fingerprint density at radius 2 is 1.87 bits per heavy atom. The number of likely N-dealkylation sites (tertiary alicyclic amines) is 1. The molecule has 1 aliphatic heterocycles. The topological polar surface area (TPSA) is 53.2 Å². The second-order valence-corrected chi connectivity index (χ2v) is 8.19. The van der Waals surface area contributed by atoms with Crippen LogP contribution in [0, 0.1) is 30.3 Å². The first-order valence-electron chi connectivity index (χ1n) is 10.1. The summed E-state index contributed by atoms with van der Waals surface area (Å²) in [5.41, 5.74) is 2.19. The van der Waals surface area contributed by atoms with Crippen LogP contribution in [0.3, 0.4) is 0 Å². The summed E-state index contributed by atoms with van der Waals surface area (Å²) in [5.74, 6) is -2.41. The molecule has 2 atom stereocenters. The van der Waals surface area contributed by atoms with E-state index >= 15 is 0 Å². The maximum absolute atomic E-state index is 14.3. The van der Waals surface area contributed by atoms with E-state index < -0.39 is 17.2 Å². The number of pyridine rings is 1. The summed E-state index contributed by atoms with van der Waals surface area (Å²) in [6.07, 6.45) is 2.62. The van der Waals surface area contributed by atoms with E-state index in [9.17, 15) is 22.8 Å². The van der Waals surface area contributed by atoms with Crippen LogP contribution in [0.5, 0.6) is 0 Å². The average Bonchev–Trinajstić information content (AvgIpc) is 3.35. The maximum atomic E-state index is 14.3. The molecule has 0 radical (unpaired) electrons. The van der Waals surface area contributed by atoms with E-state index in [1.165, 1.54) is 25.1 Å². The van der Waals surface area contributed by atoms with Crippen LogP contribution in [-0.4, -0.2) is 28.4 Å². The molecule has 1 aromatic heterocycles. The Balaban J connectivity index is 1.42. The normalized spacial score (nSPS) is 19.9. The van der Waals surface area contributed by atoms with Gasteiger partial charge in [0.25, 0.3) is 5.56 Å². The Hall–Kier alpha value is -3.35. The predicted octanol–water partition coefficient (Wildman–Crippen LogP) is 4.11. The largest absolute Gasteiger partial charge is 0.335 e. The average molecular weight is 424 g/mol. The number of aromatic amines is 1. The van der Waals surface area contributed by atoms with Gasteiger partial charge in [-0.1, -0.05) is 18.2 Å². The third kappa shape index (κ3) is 3.15. The highest BCUT2D eigenvalue weighted by Gasteiger charge is 2.41. The van der Waals surface area contributed by atoms with Gasteiger partial charge in [0.1, 0.15) is 5.82 Å². The molecule has 0 saturated carbocycles. The van der Waals surface area contributed by atoms with Crippen LogP contribution in [-0.2, 0) is 11.2 Å². The molecule has 0 spiro atoms. The minimum absolute atomic E-state index is 0.0103. The number of hydrogen-bond acceptors (Lipinski definition) is 2. The number of amides is 1. The number of fused-ring (bicyclic) bond motifs is 3. The van der Waals surface area contributed by atoms with Gasteiger partial charge in [-0.15, -0.1) is 0 Å². The van der Waals surface area contributed by atoms with Crippen molar-refractivity contribution in [3.8, 4) is 0 Å². The van der Waals surface area contributed by atoms with Crippen LogP contribution >= 0.6 is 0 Å². The number of hydrogen-bond donors (Lipinski definition) is 1. The van der Waals surface area contributed by atoms with Crippen molar-refractivity contribution < 1.29 is 18.0 Å². The molecule has 1 saturated heterocycles. The van der Waals surface area contributed by atoms with Gasteiger partial charge in [-0.2, -0.15) is 0 Å². The molecule has 3 aromatic rings. The first kappa shape index (κ1) is 19.6. The Labute approximate surface area is 176 Å². The zero-order valence-corrected chi connectivity index (χ0v) is 16.7. The Bertz CT molecular complexity index is 1310. The van der Waals surface area contributed by atoms with E-state index in [2.05, 4.69) is 4.98 Å². The zero-order chi connectivity index (χ0) is 21.9. The Morgan fingerprint density at radius 1 is 1.13 bits per heavy atom. The number of carbonyl (C=O) groups is 1. The molecule has 1 fully saturated rings. The lowest BCUT2D eigenvalue weighted by Gasteiger charge is -2.27. The molecule has 4 nitrogen and oxygen atoms in total. The minimum atomic E-state index is -1.04. The smallest absolute Gasteiger partial charge is 0.252 e. The number of nitrogens with zero attached hydrogens (tertiary/aromatic N) is 1. The summed E-state index contributed by atoms with van der Waals surface area (Å²) in [4.78, 5) is 29.8. The van der Waals surface area contributed by atoms with E-state index in [0.717, 1.165) is 23.6 Å². The number of benzene rings is 2. The summed E-state index contributed by atoms with van der Waals surface area (Å²) in [6, 6.07) is 8.49. The predicted molar refractivity (Wildman–Crippen MR) is 111 cm³/mol. The van der Waals surface area contributed by atoms with Crippen molar-refractivity contribution in [1.82, 2.24) is 9.88 Å². The van der Waals surface area contributed by atoms with Crippen molar-refractivity contribution in [2.24, 2.45) is 5.92 Å². The highest BCUT2D eigenvalue weighted by Crippen LogP contribution is 2.42. The van der Waals surface area contributed by atoms with Crippen LogP contribution < -0.4 is 5.56 Å². The van der Waals surface area contributed by atoms with E-state index in [1.807, 2.05) is 6.08 Å². The molecule has 31 heavy (non-hydrogen) atoms. The monoisotopic (exact) mass is 424 g/mol. The van der Waals surface area contributed by atoms with Gasteiger partial charge in [0.05, 0.1) is 18.0 Å². The third-order valence-corrected chi connectivity index (χ3v) is 6.43. The lowest BCUT2D eigenvalue weighted by Crippen LogP contribution is -2.38. The van der Waals surface area contributed by atoms with E-state index in [0.29, 0.717) is 6.54 Å². The number of carbonyl (C=O) groups excluding carboxylic acids is 1. The fourth-order valence-corrected chi connectivity index (χ4v) is 4.86. The number of halogens is 3. The fourth-order valence-electron chi connectivity index (χ4n) is 4.86. The summed E-state index contributed by atoms with van der Waals surface area (Å²) >= 11 is 0. The zero-order valence-electron chi connectivity index (χ0n) is 16.7. The Morgan fingerprint density at radius 3 is 2.55 bits per heavy atom. The number of H-pyrrole nitrogens is 1. The van der Waals surface area contributed by atoms with Crippen molar-refractivity contribution in [1.29, 1.82) is 0 Å². The summed E-state index contributed by atoms with van der Waals surface area (Å²) < 4.78 is 41.2. The van der Waals surface area contributed by atoms with Crippen LogP contribution in [0.1, 0.15) is 23.1 Å². The van der Waals surface area contributed by atoms with Crippen LogP contribution in [0.25, 0.3) is 16.5 Å². The maximum Gasteiger partial charge on any atom is 0.252 e. The van der Waals surface area contributed by atoms with Crippen LogP contribution in [0.15, 0.2) is 47.3 Å². The van der Waals surface area contributed by atoms with Gasteiger partial charge < -0.3 is 9.88 Å². The Kier molecular flexibility index (Phi) is 4.50. The molecule has 2 bridgehead atoms. The van der Waals surface area contributed by atoms with E-state index in [-0.39, 0.29) is 52.1 Å². The van der Waals surface area contributed by atoms with Crippen molar-refractivity contribution >= 4 is 22.4 Å². The molecular weight excluding hydrogens is 405 g/mol. The highest BCUT2D eigenvalue weighted by molar-refractivity contribution is 5.87. The van der Waals surface area contributed by atoms with Crippen LogP contribution in [0.2, 0.25) is 0 Å². The standard InChI is InChI=1S/C24H19F3N2O2/c1-12-17(24(31)28-20-7-6-19(26)23(27)22(12)20)10-21(30)29-11-14-8-16(29)9-18(14)13-2-4-15(25)5-3-13/h2-7,9,14,16H,8,10-11H2,1H3,(H,28,31)/t14-,16-/m1/s1.